The highest BCUT2D eigenvalue weighted by Gasteiger charge is 2.30. The number of esters is 1. The van der Waals surface area contributed by atoms with Crippen LogP contribution in [-0.2, 0) is 14.3 Å². The number of rotatable bonds is 9. The van der Waals surface area contributed by atoms with Crippen LogP contribution < -0.4 is 0 Å². The molecule has 104 valence electrons. The van der Waals surface area contributed by atoms with Gasteiger partial charge in [0.1, 0.15) is 0 Å². The minimum atomic E-state index is -0.948. The van der Waals surface area contributed by atoms with Crippen molar-refractivity contribution in [3.63, 3.8) is 0 Å². The second kappa shape index (κ2) is 9.68. The van der Waals surface area contributed by atoms with Crippen molar-refractivity contribution < 1.29 is 19.4 Å². The number of allylic oxidation sites excluding steroid dienone is 2. The summed E-state index contributed by atoms with van der Waals surface area (Å²) >= 11 is 0. The van der Waals surface area contributed by atoms with E-state index in [0.717, 1.165) is 19.3 Å². The van der Waals surface area contributed by atoms with Crippen LogP contribution in [0.2, 0.25) is 0 Å². The molecule has 2 atom stereocenters. The molecule has 4 nitrogen and oxygen atoms in total. The Balaban J connectivity index is 4.36. The maximum absolute atomic E-state index is 11.7. The van der Waals surface area contributed by atoms with Crippen LogP contribution in [0.3, 0.4) is 0 Å². The summed E-state index contributed by atoms with van der Waals surface area (Å²) in [6, 6.07) is 0. The molecule has 0 aliphatic carbocycles. The lowest BCUT2D eigenvalue weighted by Gasteiger charge is -2.17. The Kier molecular flexibility index (Phi) is 8.97. The van der Waals surface area contributed by atoms with Gasteiger partial charge >= 0.3 is 11.9 Å². The minimum absolute atomic E-state index is 0.368. The normalized spacial score (nSPS) is 14.4. The van der Waals surface area contributed by atoms with E-state index in [2.05, 4.69) is 0 Å². The monoisotopic (exact) mass is 256 g/mol. The molecule has 0 bridgehead atoms. The Bertz CT molecular complexity index is 284. The van der Waals surface area contributed by atoms with Crippen molar-refractivity contribution in [2.75, 3.05) is 6.61 Å². The molecule has 18 heavy (non-hydrogen) atoms. The molecule has 4 heteroatoms. The van der Waals surface area contributed by atoms with E-state index in [0.29, 0.717) is 13.0 Å². The number of hydrogen-bond acceptors (Lipinski definition) is 3. The van der Waals surface area contributed by atoms with Crippen molar-refractivity contribution in [2.24, 2.45) is 11.8 Å². The molecule has 0 rings (SSSR count). The summed E-state index contributed by atoms with van der Waals surface area (Å²) in [4.78, 5) is 22.8. The molecule has 0 amide bonds. The minimum Gasteiger partial charge on any atom is -0.481 e. The Hall–Kier alpha value is -1.32. The van der Waals surface area contributed by atoms with Gasteiger partial charge in [0.15, 0.2) is 0 Å². The van der Waals surface area contributed by atoms with Crippen molar-refractivity contribution in [3.8, 4) is 0 Å². The van der Waals surface area contributed by atoms with Crippen LogP contribution in [-0.4, -0.2) is 23.7 Å². The largest absolute Gasteiger partial charge is 0.481 e. The van der Waals surface area contributed by atoms with Crippen LogP contribution in [0.5, 0.6) is 0 Å². The van der Waals surface area contributed by atoms with Gasteiger partial charge in [0.05, 0.1) is 18.4 Å². The van der Waals surface area contributed by atoms with Gasteiger partial charge in [0.25, 0.3) is 0 Å². The number of carboxylic acids is 1. The van der Waals surface area contributed by atoms with Gasteiger partial charge in [-0.05, 0) is 19.3 Å². The van der Waals surface area contributed by atoms with E-state index < -0.39 is 23.8 Å². The van der Waals surface area contributed by atoms with Gasteiger partial charge in [-0.25, -0.2) is 0 Å². The fourth-order valence-corrected chi connectivity index (χ4v) is 1.54. The number of unbranched alkanes of at least 4 members (excludes halogenated alkanes) is 1. The lowest BCUT2D eigenvalue weighted by Crippen LogP contribution is -2.29. The summed E-state index contributed by atoms with van der Waals surface area (Å²) in [5, 5.41) is 9.12. The van der Waals surface area contributed by atoms with Crippen molar-refractivity contribution in [1.29, 1.82) is 0 Å². The molecule has 2 unspecified atom stereocenters. The molecule has 0 aromatic carbocycles. The molecule has 0 saturated heterocycles. The maximum atomic E-state index is 11.7. The first-order valence-corrected chi connectivity index (χ1v) is 6.58. The second-order valence-corrected chi connectivity index (χ2v) is 4.37. The average Bonchev–Trinajstić information content (AvgIpc) is 2.33. The summed E-state index contributed by atoms with van der Waals surface area (Å²) in [6.45, 7) is 5.98. The quantitative estimate of drug-likeness (QED) is 0.391. The van der Waals surface area contributed by atoms with Crippen molar-refractivity contribution >= 4 is 11.9 Å². The van der Waals surface area contributed by atoms with Crippen LogP contribution in [0.1, 0.15) is 46.5 Å². The molecule has 0 aromatic heterocycles. The molecule has 0 saturated carbocycles. The molecule has 0 heterocycles. The van der Waals surface area contributed by atoms with Gasteiger partial charge in [0.2, 0.25) is 0 Å². The average molecular weight is 256 g/mol. The topological polar surface area (TPSA) is 63.6 Å². The predicted octanol–water partition coefficient (Wildman–Crippen LogP) is 3.02. The van der Waals surface area contributed by atoms with Gasteiger partial charge in [-0.2, -0.15) is 0 Å². The maximum Gasteiger partial charge on any atom is 0.309 e. The number of carboxylic acid groups (broad SMARTS) is 1. The van der Waals surface area contributed by atoms with E-state index >= 15 is 0 Å². The number of carbonyl (C=O) groups excluding carboxylic acids is 1. The van der Waals surface area contributed by atoms with Crippen LogP contribution in [0.15, 0.2) is 12.2 Å². The molecule has 0 aliphatic rings. The highest BCUT2D eigenvalue weighted by molar-refractivity contribution is 5.80. The van der Waals surface area contributed by atoms with Crippen molar-refractivity contribution in [3.05, 3.63) is 12.2 Å². The van der Waals surface area contributed by atoms with Crippen LogP contribution in [0.4, 0.5) is 0 Å². The SMILES string of the molecule is CCC=CCC(C(=O)O)C(C)C(=O)OCCCC. The zero-order valence-corrected chi connectivity index (χ0v) is 11.5. The Labute approximate surface area is 109 Å². The summed E-state index contributed by atoms with van der Waals surface area (Å²) < 4.78 is 5.06. The van der Waals surface area contributed by atoms with E-state index in [9.17, 15) is 9.59 Å². The first-order chi connectivity index (χ1) is 8.54. The van der Waals surface area contributed by atoms with Gasteiger partial charge in [-0.1, -0.05) is 39.3 Å². The van der Waals surface area contributed by atoms with Crippen LogP contribution in [0.25, 0.3) is 0 Å². The van der Waals surface area contributed by atoms with Gasteiger partial charge in [0, 0.05) is 0 Å². The summed E-state index contributed by atoms with van der Waals surface area (Å²) in [5.74, 6) is -2.68. The smallest absolute Gasteiger partial charge is 0.309 e. The van der Waals surface area contributed by atoms with E-state index in [1.54, 1.807) is 6.92 Å². The zero-order chi connectivity index (χ0) is 14.0. The highest BCUT2D eigenvalue weighted by atomic mass is 16.5. The molecular weight excluding hydrogens is 232 g/mol. The third-order valence-corrected chi connectivity index (χ3v) is 2.83. The van der Waals surface area contributed by atoms with E-state index in [4.69, 9.17) is 9.84 Å². The molecule has 1 N–H and O–H groups in total. The Morgan fingerprint density at radius 3 is 2.44 bits per heavy atom. The highest BCUT2D eigenvalue weighted by Crippen LogP contribution is 2.19. The summed E-state index contributed by atoms with van der Waals surface area (Å²) in [6.07, 6.45) is 6.71. The van der Waals surface area contributed by atoms with E-state index in [1.165, 1.54) is 0 Å². The number of ether oxygens (including phenoxy) is 1. The van der Waals surface area contributed by atoms with E-state index in [-0.39, 0.29) is 0 Å². The molecule has 0 fully saturated rings. The summed E-state index contributed by atoms with van der Waals surface area (Å²) in [5.41, 5.74) is 0. The Morgan fingerprint density at radius 2 is 1.94 bits per heavy atom. The second-order valence-electron chi connectivity index (χ2n) is 4.37. The Morgan fingerprint density at radius 1 is 1.28 bits per heavy atom. The number of hydrogen-bond donors (Lipinski definition) is 1. The summed E-state index contributed by atoms with van der Waals surface area (Å²) in [7, 11) is 0. The van der Waals surface area contributed by atoms with E-state index in [1.807, 2.05) is 26.0 Å². The van der Waals surface area contributed by atoms with Crippen LogP contribution >= 0.6 is 0 Å². The van der Waals surface area contributed by atoms with Gasteiger partial charge in [-0.15, -0.1) is 0 Å². The fraction of sp³-hybridized carbons (Fsp3) is 0.714. The van der Waals surface area contributed by atoms with Crippen LogP contribution in [0, 0.1) is 11.8 Å². The van der Waals surface area contributed by atoms with Gasteiger partial charge in [-0.3, -0.25) is 9.59 Å². The third-order valence-electron chi connectivity index (χ3n) is 2.83. The lowest BCUT2D eigenvalue weighted by atomic mass is 9.91. The van der Waals surface area contributed by atoms with Crippen molar-refractivity contribution in [1.82, 2.24) is 0 Å². The molecule has 0 aliphatic heterocycles. The molecule has 0 spiro atoms. The lowest BCUT2D eigenvalue weighted by molar-refractivity contribution is -0.157. The molecule has 0 aromatic rings. The van der Waals surface area contributed by atoms with Crippen molar-refractivity contribution in [2.45, 2.75) is 46.5 Å². The first kappa shape index (κ1) is 16.7. The van der Waals surface area contributed by atoms with Gasteiger partial charge < -0.3 is 9.84 Å². The standard InChI is InChI=1S/C14H24O4/c1-4-6-8-9-12(13(15)16)11(3)14(17)18-10-7-5-2/h6,8,11-12H,4-5,7,9-10H2,1-3H3,(H,15,16). The number of carbonyl (C=O) groups is 2. The zero-order valence-electron chi connectivity index (χ0n) is 11.5. The predicted molar refractivity (Wildman–Crippen MR) is 70.2 cm³/mol. The fourth-order valence-electron chi connectivity index (χ4n) is 1.54. The number of aliphatic carboxylic acids is 1. The molecule has 0 radical (unpaired) electrons. The third kappa shape index (κ3) is 6.42. The molecular formula is C14H24O4. The first-order valence-electron chi connectivity index (χ1n) is 6.58.